The van der Waals surface area contributed by atoms with Crippen LogP contribution in [0.5, 0.6) is 5.75 Å². The smallest absolute Gasteiger partial charge is 0.416 e. The van der Waals surface area contributed by atoms with Gasteiger partial charge in [0.2, 0.25) is 15.9 Å². The van der Waals surface area contributed by atoms with Crippen molar-refractivity contribution in [3.05, 3.63) is 65.7 Å². The first-order valence-corrected chi connectivity index (χ1v) is 11.1. The third-order valence-corrected chi connectivity index (χ3v) is 6.78. The molecule has 1 aliphatic rings. The van der Waals surface area contributed by atoms with E-state index in [4.69, 9.17) is 0 Å². The van der Waals surface area contributed by atoms with E-state index in [1.165, 1.54) is 29.2 Å². The number of hydrogen-bond acceptors (Lipinski definition) is 4. The Bertz CT molecular complexity index is 1130. The predicted molar refractivity (Wildman–Crippen MR) is 109 cm³/mol. The molecule has 6 nitrogen and oxygen atoms in total. The number of carbonyl (C=O) groups is 1. The highest BCUT2D eigenvalue weighted by Gasteiger charge is 2.34. The molecule has 2 aromatic carbocycles. The topological polar surface area (TPSA) is 66.9 Å². The lowest BCUT2D eigenvalue weighted by Gasteiger charge is -2.33. The van der Waals surface area contributed by atoms with E-state index in [2.05, 4.69) is 4.74 Å². The summed E-state index contributed by atoms with van der Waals surface area (Å²) in [5.41, 5.74) is -0.810. The third kappa shape index (κ3) is 6.08. The number of halogens is 5. The molecule has 0 aliphatic carbocycles. The molecule has 0 bridgehead atoms. The molecule has 2 aromatic rings. The van der Waals surface area contributed by atoms with E-state index in [-0.39, 0.29) is 37.5 Å². The van der Waals surface area contributed by atoms with Crippen molar-refractivity contribution in [3.63, 3.8) is 0 Å². The van der Waals surface area contributed by atoms with Crippen molar-refractivity contribution in [2.45, 2.75) is 17.7 Å². The quantitative estimate of drug-likeness (QED) is 0.456. The Morgan fingerprint density at radius 3 is 2.30 bits per heavy atom. The Balaban J connectivity index is 1.65. The van der Waals surface area contributed by atoms with Crippen molar-refractivity contribution in [1.82, 2.24) is 9.21 Å². The zero-order chi connectivity index (χ0) is 24.2. The van der Waals surface area contributed by atoms with Crippen LogP contribution in [0.25, 0.3) is 6.08 Å². The minimum atomic E-state index is -4.68. The first-order valence-electron chi connectivity index (χ1n) is 9.67. The van der Waals surface area contributed by atoms with Crippen molar-refractivity contribution in [3.8, 4) is 5.75 Å². The minimum absolute atomic E-state index is 0.0105. The molecule has 1 fully saturated rings. The lowest BCUT2D eigenvalue weighted by atomic mass is 10.2. The molecule has 3 rings (SSSR count). The molecule has 0 radical (unpaired) electrons. The number of amides is 1. The lowest BCUT2D eigenvalue weighted by molar-refractivity contribution is -0.137. The van der Waals surface area contributed by atoms with Crippen LogP contribution < -0.4 is 4.74 Å². The average molecular weight is 490 g/mol. The lowest BCUT2D eigenvalue weighted by Crippen LogP contribution is -2.50. The van der Waals surface area contributed by atoms with E-state index in [1.54, 1.807) is 6.07 Å². The second-order valence-corrected chi connectivity index (χ2v) is 8.94. The molecule has 0 N–H and O–H groups in total. The summed E-state index contributed by atoms with van der Waals surface area (Å²) in [7, 11) is -4.18. The van der Waals surface area contributed by atoms with Gasteiger partial charge in [-0.3, -0.25) is 4.79 Å². The van der Waals surface area contributed by atoms with Gasteiger partial charge in [-0.1, -0.05) is 24.3 Å². The summed E-state index contributed by atoms with van der Waals surface area (Å²) in [4.78, 5) is 13.3. The molecule has 1 heterocycles. The van der Waals surface area contributed by atoms with Crippen molar-refractivity contribution >= 4 is 22.0 Å². The predicted octanol–water partition coefficient (Wildman–Crippen LogP) is 3.85. The monoisotopic (exact) mass is 490 g/mol. The molecule has 1 saturated heterocycles. The number of sulfonamides is 1. The molecular formula is C21H19F5N2O4S. The Hall–Kier alpha value is -2.99. The molecule has 178 valence electrons. The second-order valence-electron chi connectivity index (χ2n) is 7.00. The molecule has 0 spiro atoms. The van der Waals surface area contributed by atoms with Gasteiger partial charge < -0.3 is 9.64 Å². The SMILES string of the molecule is O=C(C=Cc1ccccc1OC(F)F)N1CCN(S(=O)(=O)c2cccc(C(F)(F)F)c2)CC1. The van der Waals surface area contributed by atoms with Crippen LogP contribution in [-0.4, -0.2) is 56.3 Å². The normalized spacial score (nSPS) is 15.9. The Kier molecular flexibility index (Phi) is 7.38. The van der Waals surface area contributed by atoms with Gasteiger partial charge in [-0.05, 0) is 30.3 Å². The number of piperazine rings is 1. The van der Waals surface area contributed by atoms with Crippen LogP contribution in [0.3, 0.4) is 0 Å². The number of nitrogens with zero attached hydrogens (tertiary/aromatic N) is 2. The zero-order valence-corrected chi connectivity index (χ0v) is 17.8. The van der Waals surface area contributed by atoms with E-state index in [0.29, 0.717) is 6.07 Å². The van der Waals surface area contributed by atoms with Crippen LogP contribution in [0.1, 0.15) is 11.1 Å². The van der Waals surface area contributed by atoms with Gasteiger partial charge in [-0.2, -0.15) is 26.3 Å². The molecular weight excluding hydrogens is 471 g/mol. The van der Waals surface area contributed by atoms with Crippen LogP contribution in [0, 0.1) is 0 Å². The van der Waals surface area contributed by atoms with E-state index in [0.717, 1.165) is 28.6 Å². The summed E-state index contributed by atoms with van der Waals surface area (Å²) in [5.74, 6) is -0.577. The largest absolute Gasteiger partial charge is 0.434 e. The van der Waals surface area contributed by atoms with E-state index in [9.17, 15) is 35.2 Å². The summed E-state index contributed by atoms with van der Waals surface area (Å²) < 4.78 is 94.6. The van der Waals surface area contributed by atoms with Crippen LogP contribution in [0.2, 0.25) is 0 Å². The van der Waals surface area contributed by atoms with Gasteiger partial charge in [-0.15, -0.1) is 0 Å². The molecule has 0 saturated carbocycles. The standard InChI is InChI=1S/C21H19F5N2O4S/c22-20(23)32-18-7-2-1-4-15(18)8-9-19(29)27-10-12-28(13-11-27)33(30,31)17-6-3-5-16(14-17)21(24,25)26/h1-9,14,20H,10-13H2. The van der Waals surface area contributed by atoms with E-state index in [1.807, 2.05) is 0 Å². The molecule has 0 atom stereocenters. The van der Waals surface area contributed by atoms with Crippen molar-refractivity contribution < 1.29 is 39.9 Å². The van der Waals surface area contributed by atoms with Gasteiger partial charge >= 0.3 is 12.8 Å². The number of rotatable bonds is 6. The number of alkyl halides is 5. The van der Waals surface area contributed by atoms with Crippen LogP contribution in [0.15, 0.2) is 59.5 Å². The average Bonchev–Trinajstić information content (AvgIpc) is 2.77. The molecule has 1 aliphatic heterocycles. The number of para-hydroxylation sites is 1. The van der Waals surface area contributed by atoms with Gasteiger partial charge in [0.1, 0.15) is 5.75 Å². The first-order chi connectivity index (χ1) is 15.5. The van der Waals surface area contributed by atoms with E-state index >= 15 is 0 Å². The minimum Gasteiger partial charge on any atom is -0.434 e. The zero-order valence-electron chi connectivity index (χ0n) is 17.0. The maximum Gasteiger partial charge on any atom is 0.416 e. The summed E-state index contributed by atoms with van der Waals surface area (Å²) in [5, 5.41) is 0. The molecule has 0 aromatic heterocycles. The fourth-order valence-corrected chi connectivity index (χ4v) is 4.69. The van der Waals surface area contributed by atoms with Gasteiger partial charge in [0, 0.05) is 37.8 Å². The first kappa shape index (κ1) is 24.6. The van der Waals surface area contributed by atoms with Gasteiger partial charge in [0.15, 0.2) is 0 Å². The van der Waals surface area contributed by atoms with Crippen molar-refractivity contribution in [2.24, 2.45) is 0 Å². The Labute approximate surface area is 186 Å². The summed E-state index contributed by atoms with van der Waals surface area (Å²) in [6, 6.07) is 9.37. The maximum atomic E-state index is 12.9. The summed E-state index contributed by atoms with van der Waals surface area (Å²) in [6.07, 6.45) is -2.21. The van der Waals surface area contributed by atoms with Crippen molar-refractivity contribution in [2.75, 3.05) is 26.2 Å². The summed E-state index contributed by atoms with van der Waals surface area (Å²) in [6.45, 7) is -3.22. The van der Waals surface area contributed by atoms with Crippen LogP contribution in [0.4, 0.5) is 22.0 Å². The molecule has 1 amide bonds. The van der Waals surface area contributed by atoms with Gasteiger partial charge in [0.05, 0.1) is 10.5 Å². The van der Waals surface area contributed by atoms with Crippen molar-refractivity contribution in [1.29, 1.82) is 0 Å². The number of carbonyl (C=O) groups excluding carboxylic acids is 1. The highest BCUT2D eigenvalue weighted by atomic mass is 32.2. The number of benzene rings is 2. The highest BCUT2D eigenvalue weighted by Crippen LogP contribution is 2.31. The number of hydrogen-bond donors (Lipinski definition) is 0. The Morgan fingerprint density at radius 2 is 1.67 bits per heavy atom. The third-order valence-electron chi connectivity index (χ3n) is 4.89. The van der Waals surface area contributed by atoms with Crippen LogP contribution in [-0.2, 0) is 21.0 Å². The van der Waals surface area contributed by atoms with Gasteiger partial charge in [-0.25, -0.2) is 8.42 Å². The molecule has 33 heavy (non-hydrogen) atoms. The number of ether oxygens (including phenoxy) is 1. The van der Waals surface area contributed by atoms with Crippen LogP contribution >= 0.6 is 0 Å². The Morgan fingerprint density at radius 1 is 1.00 bits per heavy atom. The maximum absolute atomic E-state index is 12.9. The van der Waals surface area contributed by atoms with Gasteiger partial charge in [0.25, 0.3) is 0 Å². The fraction of sp³-hybridized carbons (Fsp3) is 0.286. The highest BCUT2D eigenvalue weighted by molar-refractivity contribution is 7.89. The second kappa shape index (κ2) is 9.87. The molecule has 0 unspecified atom stereocenters. The molecule has 12 heteroatoms. The van der Waals surface area contributed by atoms with E-state index < -0.39 is 39.2 Å². The fourth-order valence-electron chi connectivity index (χ4n) is 3.22. The summed E-state index contributed by atoms with van der Waals surface area (Å²) >= 11 is 0.